The molecule has 15 heavy (non-hydrogen) atoms. The molecule has 0 aromatic carbocycles. The summed E-state index contributed by atoms with van der Waals surface area (Å²) in [4.78, 5) is 17.7. The fourth-order valence-electron chi connectivity index (χ4n) is 1.60. The Bertz CT molecular complexity index is 363. The molecular formula is C9H14N4O2. The lowest BCUT2D eigenvalue weighted by molar-refractivity contribution is 0.00294. The van der Waals surface area contributed by atoms with Gasteiger partial charge >= 0.3 is 0 Å². The maximum Gasteiger partial charge on any atom is 0.293 e. The Morgan fingerprint density at radius 1 is 1.67 bits per heavy atom. The van der Waals surface area contributed by atoms with Crippen LogP contribution in [0.25, 0.3) is 0 Å². The number of amides is 1. The predicted molar refractivity (Wildman–Crippen MR) is 52.4 cm³/mol. The van der Waals surface area contributed by atoms with Crippen molar-refractivity contribution in [1.29, 1.82) is 0 Å². The van der Waals surface area contributed by atoms with Crippen LogP contribution >= 0.6 is 0 Å². The number of carbonyl (C=O) groups is 1. The number of carbonyl (C=O) groups excluding carboxylic acids is 1. The van der Waals surface area contributed by atoms with Gasteiger partial charge in [-0.25, -0.2) is 4.98 Å². The number of hydrogen-bond donors (Lipinski definition) is 1. The zero-order chi connectivity index (χ0) is 10.8. The summed E-state index contributed by atoms with van der Waals surface area (Å²) in [5.74, 6) is 0.760. The number of aromatic nitrogens is 3. The molecule has 1 aliphatic rings. The van der Waals surface area contributed by atoms with Crippen molar-refractivity contribution in [3.63, 3.8) is 0 Å². The van der Waals surface area contributed by atoms with Gasteiger partial charge in [0.15, 0.2) is 0 Å². The van der Waals surface area contributed by atoms with Gasteiger partial charge in [0.2, 0.25) is 5.82 Å². The summed E-state index contributed by atoms with van der Waals surface area (Å²) in [6.07, 6.45) is 0. The minimum atomic E-state index is -0.129. The van der Waals surface area contributed by atoms with Crippen LogP contribution in [-0.4, -0.2) is 51.8 Å². The first-order valence-electron chi connectivity index (χ1n) is 4.96. The van der Waals surface area contributed by atoms with E-state index in [1.165, 1.54) is 0 Å². The second kappa shape index (κ2) is 3.98. The van der Waals surface area contributed by atoms with Crippen LogP contribution in [0.1, 0.15) is 23.4 Å². The number of hydrogen-bond acceptors (Lipinski definition) is 4. The Morgan fingerprint density at radius 2 is 2.47 bits per heavy atom. The summed E-state index contributed by atoms with van der Waals surface area (Å²) in [7, 11) is 0. The molecule has 1 N–H and O–H groups in total. The second-order valence-electron chi connectivity index (χ2n) is 3.67. The first-order chi connectivity index (χ1) is 7.18. The van der Waals surface area contributed by atoms with Gasteiger partial charge in [-0.15, -0.1) is 5.10 Å². The van der Waals surface area contributed by atoms with Gasteiger partial charge in [-0.2, -0.15) is 0 Å². The Balaban J connectivity index is 2.13. The molecular weight excluding hydrogens is 196 g/mol. The minimum absolute atomic E-state index is 0.0880. The van der Waals surface area contributed by atoms with Crippen LogP contribution in [0.2, 0.25) is 0 Å². The number of morpholine rings is 1. The van der Waals surface area contributed by atoms with Gasteiger partial charge in [-0.3, -0.25) is 9.89 Å². The molecule has 1 saturated heterocycles. The molecule has 1 unspecified atom stereocenters. The molecule has 0 aliphatic carbocycles. The quantitative estimate of drug-likeness (QED) is 0.706. The van der Waals surface area contributed by atoms with Crippen molar-refractivity contribution in [1.82, 2.24) is 20.1 Å². The normalized spacial score (nSPS) is 21.7. The molecule has 0 radical (unpaired) electrons. The summed E-state index contributed by atoms with van der Waals surface area (Å²) < 4.78 is 5.26. The SMILES string of the molecule is Cc1nc(C(=O)N2CCOCC2C)n[nH]1. The number of ether oxygens (including phenoxy) is 1. The van der Waals surface area contributed by atoms with Gasteiger partial charge in [0.25, 0.3) is 5.91 Å². The number of nitrogens with one attached hydrogen (secondary N) is 1. The lowest BCUT2D eigenvalue weighted by Crippen LogP contribution is -2.47. The minimum Gasteiger partial charge on any atom is -0.377 e. The monoisotopic (exact) mass is 210 g/mol. The van der Waals surface area contributed by atoms with Gasteiger partial charge in [0.1, 0.15) is 5.82 Å². The number of H-pyrrole nitrogens is 1. The third-order valence-corrected chi connectivity index (χ3v) is 2.42. The predicted octanol–water partition coefficient (Wildman–Crippen LogP) is -0.0260. The zero-order valence-electron chi connectivity index (χ0n) is 8.86. The molecule has 1 atom stereocenters. The highest BCUT2D eigenvalue weighted by Gasteiger charge is 2.26. The number of nitrogens with zero attached hydrogens (tertiary/aromatic N) is 3. The van der Waals surface area contributed by atoms with E-state index in [0.29, 0.717) is 25.6 Å². The molecule has 1 aromatic rings. The largest absolute Gasteiger partial charge is 0.377 e. The Labute approximate surface area is 87.6 Å². The first kappa shape index (κ1) is 10.1. The average Bonchev–Trinajstić information content (AvgIpc) is 2.65. The first-order valence-corrected chi connectivity index (χ1v) is 4.96. The summed E-state index contributed by atoms with van der Waals surface area (Å²) in [6, 6.07) is 0.0880. The lowest BCUT2D eigenvalue weighted by Gasteiger charge is -2.32. The van der Waals surface area contributed by atoms with E-state index in [-0.39, 0.29) is 17.8 Å². The van der Waals surface area contributed by atoms with E-state index in [1.54, 1.807) is 11.8 Å². The van der Waals surface area contributed by atoms with Crippen molar-refractivity contribution in [3.05, 3.63) is 11.6 Å². The molecule has 6 nitrogen and oxygen atoms in total. The lowest BCUT2D eigenvalue weighted by atomic mass is 10.2. The van der Waals surface area contributed by atoms with E-state index in [4.69, 9.17) is 4.74 Å². The van der Waals surface area contributed by atoms with Crippen molar-refractivity contribution >= 4 is 5.91 Å². The number of aryl methyl sites for hydroxylation is 1. The molecule has 1 aliphatic heterocycles. The van der Waals surface area contributed by atoms with Crippen LogP contribution in [0.3, 0.4) is 0 Å². The molecule has 1 aromatic heterocycles. The summed E-state index contributed by atoms with van der Waals surface area (Å²) in [6.45, 7) is 5.49. The smallest absolute Gasteiger partial charge is 0.293 e. The van der Waals surface area contributed by atoms with Crippen molar-refractivity contribution in [3.8, 4) is 0 Å². The van der Waals surface area contributed by atoms with Gasteiger partial charge < -0.3 is 9.64 Å². The van der Waals surface area contributed by atoms with Crippen molar-refractivity contribution in [2.24, 2.45) is 0 Å². The van der Waals surface area contributed by atoms with Crippen LogP contribution < -0.4 is 0 Å². The third kappa shape index (κ3) is 1.99. The van der Waals surface area contributed by atoms with Crippen LogP contribution in [0.4, 0.5) is 0 Å². The van der Waals surface area contributed by atoms with Crippen LogP contribution in [0, 0.1) is 6.92 Å². The molecule has 0 bridgehead atoms. The molecule has 6 heteroatoms. The van der Waals surface area contributed by atoms with E-state index in [0.717, 1.165) is 0 Å². The van der Waals surface area contributed by atoms with Crippen molar-refractivity contribution in [2.75, 3.05) is 19.8 Å². The molecule has 0 saturated carbocycles. The van der Waals surface area contributed by atoms with Crippen molar-refractivity contribution < 1.29 is 9.53 Å². The summed E-state index contributed by atoms with van der Waals surface area (Å²) in [5, 5.41) is 6.52. The molecule has 2 rings (SSSR count). The Kier molecular flexibility index (Phi) is 2.68. The molecule has 0 spiro atoms. The fourth-order valence-corrected chi connectivity index (χ4v) is 1.60. The number of rotatable bonds is 1. The van der Waals surface area contributed by atoms with Crippen molar-refractivity contribution in [2.45, 2.75) is 19.9 Å². The topological polar surface area (TPSA) is 71.1 Å². The molecule has 2 heterocycles. The second-order valence-corrected chi connectivity index (χ2v) is 3.67. The summed E-state index contributed by atoms with van der Waals surface area (Å²) >= 11 is 0. The zero-order valence-corrected chi connectivity index (χ0v) is 8.86. The van der Waals surface area contributed by atoms with E-state index >= 15 is 0 Å². The van der Waals surface area contributed by atoms with Gasteiger partial charge in [0.05, 0.1) is 19.3 Å². The van der Waals surface area contributed by atoms with E-state index in [1.807, 2.05) is 6.92 Å². The molecule has 1 fully saturated rings. The standard InChI is InChI=1S/C9H14N4O2/c1-6-5-15-4-3-13(6)9(14)8-10-7(2)11-12-8/h6H,3-5H2,1-2H3,(H,10,11,12). The van der Waals surface area contributed by atoms with Gasteiger partial charge in [-0.05, 0) is 13.8 Å². The fraction of sp³-hybridized carbons (Fsp3) is 0.667. The average molecular weight is 210 g/mol. The maximum absolute atomic E-state index is 11.9. The van der Waals surface area contributed by atoms with Crippen LogP contribution in [0.15, 0.2) is 0 Å². The van der Waals surface area contributed by atoms with Gasteiger partial charge in [0, 0.05) is 6.54 Å². The highest BCUT2D eigenvalue weighted by molar-refractivity contribution is 5.90. The molecule has 1 amide bonds. The van der Waals surface area contributed by atoms with E-state index < -0.39 is 0 Å². The Morgan fingerprint density at radius 3 is 3.07 bits per heavy atom. The van der Waals surface area contributed by atoms with E-state index in [9.17, 15) is 4.79 Å². The highest BCUT2D eigenvalue weighted by atomic mass is 16.5. The van der Waals surface area contributed by atoms with Crippen LogP contribution in [0.5, 0.6) is 0 Å². The maximum atomic E-state index is 11.9. The highest BCUT2D eigenvalue weighted by Crippen LogP contribution is 2.09. The van der Waals surface area contributed by atoms with Gasteiger partial charge in [-0.1, -0.05) is 0 Å². The summed E-state index contributed by atoms with van der Waals surface area (Å²) in [5.41, 5.74) is 0. The number of aromatic amines is 1. The Hall–Kier alpha value is -1.43. The molecule has 82 valence electrons. The third-order valence-electron chi connectivity index (χ3n) is 2.42. The van der Waals surface area contributed by atoms with E-state index in [2.05, 4.69) is 15.2 Å². The van der Waals surface area contributed by atoms with Crippen LogP contribution in [-0.2, 0) is 4.74 Å².